The summed E-state index contributed by atoms with van der Waals surface area (Å²) >= 11 is 0. The van der Waals surface area contributed by atoms with Gasteiger partial charge in [-0.3, -0.25) is 4.79 Å². The second kappa shape index (κ2) is 12.5. The van der Waals surface area contributed by atoms with Gasteiger partial charge in [-0.15, -0.1) is 24.8 Å². The van der Waals surface area contributed by atoms with Crippen molar-refractivity contribution < 1.29 is 19.9 Å². The lowest BCUT2D eigenvalue weighted by Crippen LogP contribution is -2.55. The van der Waals surface area contributed by atoms with Crippen molar-refractivity contribution in [3.05, 3.63) is 35.9 Å². The molecule has 24 heavy (non-hydrogen) atoms. The number of nitrogens with one attached hydrogen (secondary N) is 1. The SMILES string of the molecule is C[C@H](NCC(N)(CCCCB(O)O)C(=O)O)c1ccccc1.Cl.Cl. The van der Waals surface area contributed by atoms with E-state index in [4.69, 9.17) is 15.8 Å². The minimum atomic E-state index is -1.36. The summed E-state index contributed by atoms with van der Waals surface area (Å²) in [5.74, 6) is -1.05. The molecule has 1 unspecified atom stereocenters. The highest BCUT2D eigenvalue weighted by atomic mass is 35.5. The second-order valence-electron chi connectivity index (χ2n) is 5.70. The van der Waals surface area contributed by atoms with E-state index in [1.54, 1.807) is 0 Å². The maximum absolute atomic E-state index is 11.4. The fraction of sp³-hybridized carbons (Fsp3) is 0.533. The van der Waals surface area contributed by atoms with Crippen molar-refractivity contribution in [2.24, 2.45) is 5.73 Å². The summed E-state index contributed by atoms with van der Waals surface area (Å²) in [5.41, 5.74) is 5.71. The molecule has 0 fully saturated rings. The van der Waals surface area contributed by atoms with Crippen LogP contribution in [0.4, 0.5) is 0 Å². The van der Waals surface area contributed by atoms with E-state index < -0.39 is 18.6 Å². The summed E-state index contributed by atoms with van der Waals surface area (Å²) in [6.07, 6.45) is 1.56. The molecule has 6 nitrogen and oxygen atoms in total. The number of nitrogens with two attached hydrogens (primary N) is 1. The Hall–Kier alpha value is -0.825. The van der Waals surface area contributed by atoms with E-state index in [0.717, 1.165) is 5.56 Å². The Kier molecular flexibility index (Phi) is 13.3. The van der Waals surface area contributed by atoms with Gasteiger partial charge >= 0.3 is 13.1 Å². The fourth-order valence-electron chi connectivity index (χ4n) is 2.23. The van der Waals surface area contributed by atoms with E-state index in [1.807, 2.05) is 37.3 Å². The summed E-state index contributed by atoms with van der Waals surface area (Å²) in [6.45, 7) is 2.11. The van der Waals surface area contributed by atoms with Crippen molar-refractivity contribution in [1.29, 1.82) is 0 Å². The van der Waals surface area contributed by atoms with Gasteiger partial charge in [-0.25, -0.2) is 0 Å². The highest BCUT2D eigenvalue weighted by Crippen LogP contribution is 2.16. The summed E-state index contributed by atoms with van der Waals surface area (Å²) in [6, 6.07) is 9.73. The van der Waals surface area contributed by atoms with Crippen molar-refractivity contribution in [3.8, 4) is 0 Å². The number of carboxylic acids is 1. The quantitative estimate of drug-likeness (QED) is 0.311. The largest absolute Gasteiger partial charge is 0.480 e. The van der Waals surface area contributed by atoms with Gasteiger partial charge < -0.3 is 26.2 Å². The van der Waals surface area contributed by atoms with Crippen LogP contribution in [0.1, 0.15) is 37.8 Å². The molecule has 138 valence electrons. The molecule has 2 atom stereocenters. The first-order valence-electron chi connectivity index (χ1n) is 7.52. The molecule has 1 aromatic carbocycles. The third-order valence-electron chi connectivity index (χ3n) is 3.78. The minimum Gasteiger partial charge on any atom is -0.480 e. The van der Waals surface area contributed by atoms with Crippen LogP contribution in [0.15, 0.2) is 30.3 Å². The second-order valence-corrected chi connectivity index (χ2v) is 5.70. The number of hydrogen-bond donors (Lipinski definition) is 5. The molecule has 0 aliphatic rings. The highest BCUT2D eigenvalue weighted by Gasteiger charge is 2.33. The summed E-state index contributed by atoms with van der Waals surface area (Å²) in [4.78, 5) is 11.4. The molecule has 1 rings (SSSR count). The van der Waals surface area contributed by atoms with Gasteiger partial charge in [-0.05, 0) is 25.2 Å². The number of benzene rings is 1. The normalized spacial score (nSPS) is 13.8. The molecule has 0 heterocycles. The molecule has 0 radical (unpaired) electrons. The molecule has 0 aliphatic heterocycles. The topological polar surface area (TPSA) is 116 Å². The third-order valence-corrected chi connectivity index (χ3v) is 3.78. The molecule has 6 N–H and O–H groups in total. The average molecular weight is 381 g/mol. The van der Waals surface area contributed by atoms with Crippen LogP contribution in [0.5, 0.6) is 0 Å². The molecule has 0 saturated carbocycles. The highest BCUT2D eigenvalue weighted by molar-refractivity contribution is 6.40. The van der Waals surface area contributed by atoms with Crippen LogP contribution < -0.4 is 11.1 Å². The average Bonchev–Trinajstić information content (AvgIpc) is 2.49. The van der Waals surface area contributed by atoms with Gasteiger partial charge in [0.15, 0.2) is 0 Å². The molecule has 9 heteroatoms. The molecule has 0 bridgehead atoms. The Morgan fingerprint density at radius 3 is 2.33 bits per heavy atom. The summed E-state index contributed by atoms with van der Waals surface area (Å²) < 4.78 is 0. The summed E-state index contributed by atoms with van der Waals surface area (Å²) in [7, 11) is -1.35. The summed E-state index contributed by atoms with van der Waals surface area (Å²) in [5, 5.41) is 30.1. The molecule has 0 amide bonds. The molecule has 0 saturated heterocycles. The van der Waals surface area contributed by atoms with Crippen molar-refractivity contribution in [2.45, 2.75) is 44.1 Å². The van der Waals surface area contributed by atoms with Crippen molar-refractivity contribution in [1.82, 2.24) is 5.32 Å². The number of halogens is 2. The van der Waals surface area contributed by atoms with E-state index in [1.165, 1.54) is 0 Å². The number of rotatable bonds is 10. The van der Waals surface area contributed by atoms with Gasteiger partial charge in [0.1, 0.15) is 5.54 Å². The van der Waals surface area contributed by atoms with E-state index in [9.17, 15) is 9.90 Å². The van der Waals surface area contributed by atoms with Gasteiger partial charge in [-0.2, -0.15) is 0 Å². The Labute approximate surface area is 155 Å². The first-order valence-corrected chi connectivity index (χ1v) is 7.52. The monoisotopic (exact) mass is 380 g/mol. The van der Waals surface area contributed by atoms with Crippen molar-refractivity contribution in [3.63, 3.8) is 0 Å². The van der Waals surface area contributed by atoms with Crippen molar-refractivity contribution in [2.75, 3.05) is 6.54 Å². The van der Waals surface area contributed by atoms with Crippen LogP contribution in [-0.2, 0) is 4.79 Å². The Morgan fingerprint density at radius 1 is 1.25 bits per heavy atom. The molecular weight excluding hydrogens is 354 g/mol. The standard InChI is InChI=1S/C15H25BN2O4.2ClH/c1-12(13-7-3-2-4-8-13)18-11-15(17,14(19)20)9-5-6-10-16(21)22;;/h2-4,7-8,12,18,21-22H,5-6,9-11,17H2,1H3,(H,19,20);2*1H/t12-,15?;;/m0../s1. The van der Waals surface area contributed by atoms with Crippen LogP contribution in [0.2, 0.25) is 6.32 Å². The lowest BCUT2D eigenvalue weighted by atomic mass is 9.82. The van der Waals surface area contributed by atoms with Crippen LogP contribution in [-0.4, -0.2) is 40.3 Å². The number of carboxylic acid groups (broad SMARTS) is 1. The van der Waals surface area contributed by atoms with Gasteiger partial charge in [-0.1, -0.05) is 43.2 Å². The predicted molar refractivity (Wildman–Crippen MR) is 101 cm³/mol. The lowest BCUT2D eigenvalue weighted by molar-refractivity contribution is -0.143. The van der Waals surface area contributed by atoms with E-state index in [2.05, 4.69) is 5.32 Å². The molecular formula is C15H27BCl2N2O4. The number of carbonyl (C=O) groups is 1. The van der Waals surface area contributed by atoms with Crippen LogP contribution in [0, 0.1) is 0 Å². The number of hydrogen-bond acceptors (Lipinski definition) is 5. The molecule has 0 aromatic heterocycles. The van der Waals surface area contributed by atoms with Crippen LogP contribution in [0.3, 0.4) is 0 Å². The lowest BCUT2D eigenvalue weighted by Gasteiger charge is -2.27. The number of aliphatic carboxylic acids is 1. The predicted octanol–water partition coefficient (Wildman–Crippen LogP) is 1.61. The molecule has 0 aliphatic carbocycles. The first kappa shape index (κ1) is 25.4. The van der Waals surface area contributed by atoms with E-state index in [-0.39, 0.29) is 50.1 Å². The van der Waals surface area contributed by atoms with Crippen LogP contribution in [0.25, 0.3) is 0 Å². The Bertz CT molecular complexity index is 468. The smallest absolute Gasteiger partial charge is 0.451 e. The van der Waals surface area contributed by atoms with Crippen molar-refractivity contribution >= 4 is 37.9 Å². The zero-order chi connectivity index (χ0) is 16.6. The van der Waals surface area contributed by atoms with Crippen LogP contribution >= 0.6 is 24.8 Å². The zero-order valence-corrected chi connectivity index (χ0v) is 15.4. The van der Waals surface area contributed by atoms with Gasteiger partial charge in [0.05, 0.1) is 0 Å². The molecule has 0 spiro atoms. The Balaban J connectivity index is 0. The van der Waals surface area contributed by atoms with E-state index in [0.29, 0.717) is 12.8 Å². The maximum Gasteiger partial charge on any atom is 0.451 e. The zero-order valence-electron chi connectivity index (χ0n) is 13.7. The van der Waals surface area contributed by atoms with Gasteiger partial charge in [0.2, 0.25) is 0 Å². The van der Waals surface area contributed by atoms with E-state index >= 15 is 0 Å². The van der Waals surface area contributed by atoms with Gasteiger partial charge in [0, 0.05) is 12.6 Å². The Morgan fingerprint density at radius 2 is 1.83 bits per heavy atom. The minimum absolute atomic E-state index is 0. The third kappa shape index (κ3) is 8.87. The fourth-order valence-corrected chi connectivity index (χ4v) is 2.23. The first-order chi connectivity index (χ1) is 10.3. The molecule has 1 aromatic rings. The van der Waals surface area contributed by atoms with Gasteiger partial charge in [0.25, 0.3) is 0 Å². The number of unbranched alkanes of at least 4 members (excludes halogenated alkanes) is 1. The maximum atomic E-state index is 11.4.